The van der Waals surface area contributed by atoms with Crippen LogP contribution in [0.15, 0.2) is 0 Å². The first-order valence-electron chi connectivity index (χ1n) is 7.05. The molecule has 0 bridgehead atoms. The highest BCUT2D eigenvalue weighted by Gasteiger charge is 2.52. The van der Waals surface area contributed by atoms with Crippen LogP contribution in [0, 0.1) is 5.92 Å². The first-order valence-corrected chi connectivity index (χ1v) is 7.46. The van der Waals surface area contributed by atoms with Gasteiger partial charge in [0.05, 0.1) is 4.99 Å². The number of amides is 3. The Hall–Kier alpha value is -1.21. The summed E-state index contributed by atoms with van der Waals surface area (Å²) >= 11 is 4.91. The van der Waals surface area contributed by atoms with Crippen molar-refractivity contribution in [1.29, 1.82) is 0 Å². The minimum Gasteiger partial charge on any atom is -0.393 e. The van der Waals surface area contributed by atoms with Crippen LogP contribution in [0.5, 0.6) is 0 Å². The Labute approximate surface area is 124 Å². The Morgan fingerprint density at radius 2 is 2.05 bits per heavy atom. The lowest BCUT2D eigenvalue weighted by atomic mass is 9.87. The first kappa shape index (κ1) is 15.2. The molecule has 20 heavy (non-hydrogen) atoms. The molecule has 2 aliphatic rings. The van der Waals surface area contributed by atoms with Gasteiger partial charge in [-0.15, -0.1) is 0 Å². The van der Waals surface area contributed by atoms with Crippen molar-refractivity contribution < 1.29 is 9.59 Å². The molecule has 0 aromatic heterocycles. The molecule has 1 unspecified atom stereocenters. The zero-order chi connectivity index (χ0) is 14.9. The maximum atomic E-state index is 12.6. The normalized spacial score (nSPS) is 24.0. The van der Waals surface area contributed by atoms with Gasteiger partial charge >= 0.3 is 6.03 Å². The van der Waals surface area contributed by atoms with Gasteiger partial charge in [0.1, 0.15) is 5.54 Å². The molecule has 6 nitrogen and oxygen atoms in total. The molecule has 0 saturated carbocycles. The second kappa shape index (κ2) is 5.65. The van der Waals surface area contributed by atoms with Crippen LogP contribution in [0.25, 0.3) is 0 Å². The maximum Gasteiger partial charge on any atom is 0.325 e. The molecule has 2 rings (SSSR count). The zero-order valence-electron chi connectivity index (χ0n) is 12.0. The minimum absolute atomic E-state index is 0.124. The predicted octanol–water partition coefficient (Wildman–Crippen LogP) is 0.315. The Bertz CT molecular complexity index is 432. The van der Waals surface area contributed by atoms with Crippen LogP contribution in [0.4, 0.5) is 4.79 Å². The summed E-state index contributed by atoms with van der Waals surface area (Å²) in [4.78, 5) is 28.5. The third-order valence-corrected chi connectivity index (χ3v) is 4.75. The van der Waals surface area contributed by atoms with Gasteiger partial charge < -0.3 is 16.0 Å². The highest BCUT2D eigenvalue weighted by Crippen LogP contribution is 2.29. The number of nitrogens with one attached hydrogen (secondary N) is 1. The number of likely N-dealkylation sites (tertiary alicyclic amines) is 1. The fourth-order valence-electron chi connectivity index (χ4n) is 2.80. The summed E-state index contributed by atoms with van der Waals surface area (Å²) in [6.07, 6.45) is 1.34. The smallest absolute Gasteiger partial charge is 0.325 e. The number of urea groups is 1. The Morgan fingerprint density at radius 3 is 2.55 bits per heavy atom. The number of imide groups is 1. The number of carbonyl (C=O) groups is 2. The quantitative estimate of drug-likeness (QED) is 0.577. The van der Waals surface area contributed by atoms with Gasteiger partial charge in [0.15, 0.2) is 0 Å². The van der Waals surface area contributed by atoms with Crippen molar-refractivity contribution in [3.8, 4) is 0 Å². The van der Waals surface area contributed by atoms with Crippen LogP contribution in [0.1, 0.15) is 26.7 Å². The van der Waals surface area contributed by atoms with Crippen LogP contribution >= 0.6 is 12.2 Å². The molecule has 1 spiro atoms. The van der Waals surface area contributed by atoms with Gasteiger partial charge in [-0.2, -0.15) is 0 Å². The number of hydrogen-bond acceptors (Lipinski definition) is 4. The van der Waals surface area contributed by atoms with E-state index < -0.39 is 5.54 Å². The summed E-state index contributed by atoms with van der Waals surface area (Å²) in [6.45, 7) is 6.83. The second-order valence-corrected chi connectivity index (χ2v) is 6.14. The van der Waals surface area contributed by atoms with Crippen molar-refractivity contribution in [1.82, 2.24) is 15.1 Å². The number of nitrogens with zero attached hydrogens (tertiary/aromatic N) is 2. The molecule has 2 fully saturated rings. The molecule has 3 amide bonds. The van der Waals surface area contributed by atoms with E-state index in [1.165, 1.54) is 4.90 Å². The van der Waals surface area contributed by atoms with Crippen LogP contribution < -0.4 is 11.1 Å². The van der Waals surface area contributed by atoms with Crippen LogP contribution in [0.3, 0.4) is 0 Å². The highest BCUT2D eigenvalue weighted by molar-refractivity contribution is 7.80. The van der Waals surface area contributed by atoms with Gasteiger partial charge in [-0.05, 0) is 19.4 Å². The lowest BCUT2D eigenvalue weighted by Gasteiger charge is -2.36. The molecule has 0 radical (unpaired) electrons. The number of carbonyl (C=O) groups excluding carboxylic acids is 2. The SMILES string of the molecule is CCN1CCC2(CC1)NC(=O)N(CC(C)C(N)=S)C2=O. The highest BCUT2D eigenvalue weighted by atomic mass is 32.1. The molecule has 112 valence electrons. The van der Waals surface area contributed by atoms with E-state index in [0.717, 1.165) is 19.6 Å². The Kier molecular flexibility index (Phi) is 4.29. The summed E-state index contributed by atoms with van der Waals surface area (Å²) in [5.74, 6) is -0.285. The van der Waals surface area contributed by atoms with Gasteiger partial charge in [0.2, 0.25) is 0 Å². The van der Waals surface area contributed by atoms with E-state index in [4.69, 9.17) is 18.0 Å². The van der Waals surface area contributed by atoms with E-state index in [1.54, 1.807) is 0 Å². The van der Waals surface area contributed by atoms with Gasteiger partial charge in [0, 0.05) is 25.6 Å². The maximum absolute atomic E-state index is 12.6. The Morgan fingerprint density at radius 1 is 1.45 bits per heavy atom. The van der Waals surface area contributed by atoms with E-state index in [2.05, 4.69) is 17.1 Å². The molecule has 2 heterocycles. The summed E-state index contributed by atoms with van der Waals surface area (Å²) in [7, 11) is 0. The third-order valence-electron chi connectivity index (χ3n) is 4.34. The minimum atomic E-state index is -0.710. The number of nitrogens with two attached hydrogens (primary N) is 1. The lowest BCUT2D eigenvalue weighted by molar-refractivity contribution is -0.133. The van der Waals surface area contributed by atoms with Gasteiger partial charge in [-0.25, -0.2) is 4.79 Å². The first-order chi connectivity index (χ1) is 9.39. The van der Waals surface area contributed by atoms with Crippen molar-refractivity contribution in [2.45, 2.75) is 32.2 Å². The molecule has 1 atom stereocenters. The van der Waals surface area contributed by atoms with Crippen LogP contribution in [-0.4, -0.2) is 58.4 Å². The molecule has 0 aromatic carbocycles. The molecule has 3 N–H and O–H groups in total. The molecule has 0 aliphatic carbocycles. The number of thiocarbonyl (C=S) groups is 1. The summed E-state index contributed by atoms with van der Waals surface area (Å²) in [5.41, 5.74) is 4.86. The van der Waals surface area contributed by atoms with Crippen LogP contribution in [0.2, 0.25) is 0 Å². The zero-order valence-corrected chi connectivity index (χ0v) is 12.8. The van der Waals surface area contributed by atoms with E-state index >= 15 is 0 Å². The van der Waals surface area contributed by atoms with Crippen molar-refractivity contribution in [2.75, 3.05) is 26.2 Å². The van der Waals surface area contributed by atoms with E-state index in [9.17, 15) is 9.59 Å². The number of rotatable bonds is 4. The Balaban J connectivity index is 2.07. The summed E-state index contributed by atoms with van der Waals surface area (Å²) < 4.78 is 0. The standard InChI is InChI=1S/C13H22N4O2S/c1-3-16-6-4-13(5-7-16)11(18)17(12(19)15-13)8-9(2)10(14)20/h9H,3-8H2,1-2H3,(H2,14,20)(H,15,19). The van der Waals surface area contributed by atoms with Gasteiger partial charge in [-0.3, -0.25) is 9.69 Å². The van der Waals surface area contributed by atoms with E-state index in [0.29, 0.717) is 17.8 Å². The average Bonchev–Trinajstić information content (AvgIpc) is 2.64. The lowest BCUT2D eigenvalue weighted by Crippen LogP contribution is -2.55. The molecule has 0 aromatic rings. The van der Waals surface area contributed by atoms with E-state index in [1.807, 2.05) is 6.92 Å². The van der Waals surface area contributed by atoms with Gasteiger partial charge in [-0.1, -0.05) is 26.1 Å². The van der Waals surface area contributed by atoms with Crippen molar-refractivity contribution in [2.24, 2.45) is 11.7 Å². The summed E-state index contributed by atoms with van der Waals surface area (Å²) in [6, 6.07) is -0.317. The number of hydrogen-bond donors (Lipinski definition) is 2. The topological polar surface area (TPSA) is 78.7 Å². The molecule has 2 aliphatic heterocycles. The fourth-order valence-corrected chi connectivity index (χ4v) is 2.87. The van der Waals surface area contributed by atoms with Crippen molar-refractivity contribution in [3.63, 3.8) is 0 Å². The predicted molar refractivity (Wildman–Crippen MR) is 80.3 cm³/mol. The monoisotopic (exact) mass is 298 g/mol. The average molecular weight is 298 g/mol. The molecule has 7 heteroatoms. The van der Waals surface area contributed by atoms with Crippen molar-refractivity contribution in [3.05, 3.63) is 0 Å². The van der Waals surface area contributed by atoms with Crippen molar-refractivity contribution >= 4 is 29.1 Å². The number of piperidine rings is 1. The largest absolute Gasteiger partial charge is 0.393 e. The molecular weight excluding hydrogens is 276 g/mol. The second-order valence-electron chi connectivity index (χ2n) is 5.67. The molecular formula is C13H22N4O2S. The third kappa shape index (κ3) is 2.64. The van der Waals surface area contributed by atoms with Crippen LogP contribution in [-0.2, 0) is 4.79 Å². The summed E-state index contributed by atoms with van der Waals surface area (Å²) in [5, 5.41) is 2.88. The van der Waals surface area contributed by atoms with E-state index in [-0.39, 0.29) is 24.4 Å². The fraction of sp³-hybridized carbons (Fsp3) is 0.769. The van der Waals surface area contributed by atoms with Gasteiger partial charge in [0.25, 0.3) is 5.91 Å². The molecule has 2 saturated heterocycles.